The van der Waals surface area contributed by atoms with E-state index in [1.165, 1.54) is 22.5 Å². The lowest BCUT2D eigenvalue weighted by Crippen LogP contribution is -2.61. The molecule has 0 radical (unpaired) electrons. The maximum Gasteiger partial charge on any atom is 0.225 e. The van der Waals surface area contributed by atoms with Gasteiger partial charge in [0.1, 0.15) is 5.75 Å². The zero-order valence-corrected chi connectivity index (χ0v) is 19.1. The summed E-state index contributed by atoms with van der Waals surface area (Å²) in [6.07, 6.45) is 1.60. The quantitative estimate of drug-likeness (QED) is 0.630. The molecule has 5 rings (SSSR count). The van der Waals surface area contributed by atoms with E-state index in [1.54, 1.807) is 7.11 Å². The number of rotatable bonds is 6. The van der Waals surface area contributed by atoms with Gasteiger partial charge in [-0.05, 0) is 54.3 Å². The first-order chi connectivity index (χ1) is 16.2. The van der Waals surface area contributed by atoms with Crippen molar-refractivity contribution in [3.63, 3.8) is 0 Å². The third-order valence-corrected chi connectivity index (χ3v) is 6.95. The van der Waals surface area contributed by atoms with Crippen molar-refractivity contribution in [2.45, 2.75) is 18.9 Å². The molecule has 33 heavy (non-hydrogen) atoms. The number of para-hydroxylation sites is 2. The molecule has 0 aromatic heterocycles. The topological polar surface area (TPSA) is 44.8 Å². The number of anilines is 2. The van der Waals surface area contributed by atoms with Gasteiger partial charge in [0.05, 0.1) is 19.1 Å². The molecule has 0 spiro atoms. The molecule has 0 bridgehead atoms. The van der Waals surface area contributed by atoms with Gasteiger partial charge in [0.25, 0.3) is 0 Å². The van der Waals surface area contributed by atoms with Gasteiger partial charge in [-0.25, -0.2) is 0 Å². The molecule has 1 N–H and O–H groups in total. The minimum absolute atomic E-state index is 0.0673. The predicted octanol–water partition coefficient (Wildman–Crippen LogP) is 3.92. The van der Waals surface area contributed by atoms with Crippen LogP contribution in [0.2, 0.25) is 0 Å². The number of carbonyl (C=O) groups is 1. The number of nitrogens with zero attached hydrogens (tertiary/aromatic N) is 2. The molecule has 2 heterocycles. The van der Waals surface area contributed by atoms with Crippen LogP contribution in [-0.2, 0) is 17.6 Å². The number of benzene rings is 3. The molecule has 1 fully saturated rings. The minimum atomic E-state index is -0.0673. The Kier molecular flexibility index (Phi) is 6.20. The van der Waals surface area contributed by atoms with E-state index in [1.807, 2.05) is 12.1 Å². The monoisotopic (exact) mass is 441 g/mol. The van der Waals surface area contributed by atoms with Gasteiger partial charge < -0.3 is 19.9 Å². The number of fused-ring (bicyclic) bond motifs is 3. The molecular weight excluding hydrogens is 410 g/mol. The number of piperazine rings is 1. The molecule has 3 aromatic carbocycles. The summed E-state index contributed by atoms with van der Waals surface area (Å²) in [5.41, 5.74) is 4.99. The van der Waals surface area contributed by atoms with E-state index in [4.69, 9.17) is 4.74 Å². The molecule has 5 nitrogen and oxygen atoms in total. The van der Waals surface area contributed by atoms with E-state index < -0.39 is 0 Å². The molecule has 0 saturated carbocycles. The molecule has 5 heteroatoms. The summed E-state index contributed by atoms with van der Waals surface area (Å²) < 4.78 is 5.23. The Morgan fingerprint density at radius 2 is 1.73 bits per heavy atom. The Hall–Kier alpha value is -3.47. The average Bonchev–Trinajstić information content (AvgIpc) is 2.88. The molecular formula is C28H31N3O2. The lowest BCUT2D eigenvalue weighted by atomic mass is 9.83. The Morgan fingerprint density at radius 1 is 0.970 bits per heavy atom. The number of methoxy groups -OCH3 is 1. The highest BCUT2D eigenvalue weighted by atomic mass is 16.5. The van der Waals surface area contributed by atoms with Crippen molar-refractivity contribution in [3.8, 4) is 5.75 Å². The summed E-state index contributed by atoms with van der Waals surface area (Å²) in [6.45, 7) is 3.38. The van der Waals surface area contributed by atoms with Gasteiger partial charge >= 0.3 is 0 Å². The maximum atomic E-state index is 13.4. The molecule has 3 aromatic rings. The van der Waals surface area contributed by atoms with Crippen molar-refractivity contribution >= 4 is 17.3 Å². The highest BCUT2D eigenvalue weighted by Gasteiger charge is 2.41. The zero-order valence-electron chi connectivity index (χ0n) is 19.1. The van der Waals surface area contributed by atoms with Crippen LogP contribution >= 0.6 is 0 Å². The van der Waals surface area contributed by atoms with Crippen molar-refractivity contribution in [1.29, 1.82) is 0 Å². The van der Waals surface area contributed by atoms with E-state index in [9.17, 15) is 4.79 Å². The SMILES string of the molecule is COc1ccc(CCNC(=O)[C@@H]2Cc3ccccc3N3CCN(c4ccccc4)C[C@H]23)cc1. The van der Waals surface area contributed by atoms with E-state index in [-0.39, 0.29) is 17.9 Å². The first-order valence-corrected chi connectivity index (χ1v) is 11.8. The van der Waals surface area contributed by atoms with Gasteiger partial charge in [0.15, 0.2) is 0 Å². The lowest BCUT2D eigenvalue weighted by Gasteiger charge is -2.49. The lowest BCUT2D eigenvalue weighted by molar-refractivity contribution is -0.125. The molecule has 170 valence electrons. The van der Waals surface area contributed by atoms with Crippen molar-refractivity contribution < 1.29 is 9.53 Å². The Bertz CT molecular complexity index is 1080. The van der Waals surface area contributed by atoms with Crippen molar-refractivity contribution in [2.24, 2.45) is 5.92 Å². The fourth-order valence-corrected chi connectivity index (χ4v) is 5.18. The normalized spacial score (nSPS) is 19.4. The van der Waals surface area contributed by atoms with Gasteiger partial charge in [-0.3, -0.25) is 4.79 Å². The summed E-state index contributed by atoms with van der Waals surface area (Å²) in [4.78, 5) is 18.3. The Morgan fingerprint density at radius 3 is 2.52 bits per heavy atom. The highest BCUT2D eigenvalue weighted by Crippen LogP contribution is 2.36. The second-order valence-electron chi connectivity index (χ2n) is 8.87. The Labute approximate surface area is 196 Å². The summed E-state index contributed by atoms with van der Waals surface area (Å²) in [5, 5.41) is 3.23. The van der Waals surface area contributed by atoms with Crippen LogP contribution in [0.4, 0.5) is 11.4 Å². The summed E-state index contributed by atoms with van der Waals surface area (Å²) in [5.74, 6) is 0.939. The molecule has 2 aliphatic heterocycles. The number of nitrogens with one attached hydrogen (secondary N) is 1. The summed E-state index contributed by atoms with van der Waals surface area (Å²) in [7, 11) is 1.67. The van der Waals surface area contributed by atoms with Gasteiger partial charge in [-0.1, -0.05) is 48.5 Å². The number of hydrogen-bond donors (Lipinski definition) is 1. The molecule has 0 aliphatic carbocycles. The van der Waals surface area contributed by atoms with Crippen LogP contribution in [0.5, 0.6) is 5.75 Å². The van der Waals surface area contributed by atoms with E-state index in [0.29, 0.717) is 6.54 Å². The van der Waals surface area contributed by atoms with E-state index in [0.717, 1.165) is 38.2 Å². The van der Waals surface area contributed by atoms with Crippen LogP contribution in [-0.4, -0.2) is 45.2 Å². The van der Waals surface area contributed by atoms with Crippen LogP contribution in [0, 0.1) is 5.92 Å². The number of carbonyl (C=O) groups excluding carboxylic acids is 1. The van der Waals surface area contributed by atoms with E-state index in [2.05, 4.69) is 81.8 Å². The fourth-order valence-electron chi connectivity index (χ4n) is 5.18. The molecule has 2 aliphatic rings. The number of amides is 1. The van der Waals surface area contributed by atoms with Crippen molar-refractivity contribution in [2.75, 3.05) is 43.1 Å². The smallest absolute Gasteiger partial charge is 0.225 e. The van der Waals surface area contributed by atoms with Gasteiger partial charge in [0, 0.05) is 37.6 Å². The van der Waals surface area contributed by atoms with Crippen LogP contribution < -0.4 is 19.9 Å². The standard InChI is InChI=1S/C28H31N3O2/c1-33-24-13-11-21(12-14-24)15-16-29-28(32)25-19-22-7-5-6-10-26(22)31-18-17-30(20-27(25)31)23-8-3-2-4-9-23/h2-14,25,27H,15-20H2,1H3,(H,29,32)/t25-,27-/m1/s1. The molecule has 0 unspecified atom stereocenters. The second-order valence-corrected chi connectivity index (χ2v) is 8.87. The third kappa shape index (κ3) is 4.54. The predicted molar refractivity (Wildman–Crippen MR) is 133 cm³/mol. The largest absolute Gasteiger partial charge is 0.497 e. The van der Waals surface area contributed by atoms with Crippen LogP contribution in [0.25, 0.3) is 0 Å². The maximum absolute atomic E-state index is 13.4. The Balaban J connectivity index is 1.30. The summed E-state index contributed by atoms with van der Waals surface area (Å²) >= 11 is 0. The van der Waals surface area contributed by atoms with Gasteiger partial charge in [-0.15, -0.1) is 0 Å². The zero-order chi connectivity index (χ0) is 22.6. The van der Waals surface area contributed by atoms with Crippen LogP contribution in [0.1, 0.15) is 11.1 Å². The molecule has 1 amide bonds. The van der Waals surface area contributed by atoms with Crippen LogP contribution in [0.3, 0.4) is 0 Å². The average molecular weight is 442 g/mol. The molecule has 2 atom stereocenters. The highest BCUT2D eigenvalue weighted by molar-refractivity contribution is 5.82. The second kappa shape index (κ2) is 9.57. The van der Waals surface area contributed by atoms with Gasteiger partial charge in [0.2, 0.25) is 5.91 Å². The number of hydrogen-bond acceptors (Lipinski definition) is 4. The third-order valence-electron chi connectivity index (χ3n) is 6.95. The summed E-state index contributed by atoms with van der Waals surface area (Å²) in [6, 6.07) is 27.3. The van der Waals surface area contributed by atoms with Crippen molar-refractivity contribution in [3.05, 3.63) is 90.0 Å². The first kappa shape index (κ1) is 21.4. The van der Waals surface area contributed by atoms with Gasteiger partial charge in [-0.2, -0.15) is 0 Å². The van der Waals surface area contributed by atoms with Crippen molar-refractivity contribution in [1.82, 2.24) is 5.32 Å². The minimum Gasteiger partial charge on any atom is -0.497 e. The van der Waals surface area contributed by atoms with E-state index >= 15 is 0 Å². The van der Waals surface area contributed by atoms with Crippen LogP contribution in [0.15, 0.2) is 78.9 Å². The molecule has 1 saturated heterocycles. The first-order valence-electron chi connectivity index (χ1n) is 11.8. The number of ether oxygens (including phenoxy) is 1. The fraction of sp³-hybridized carbons (Fsp3) is 0.321.